The lowest BCUT2D eigenvalue weighted by molar-refractivity contribution is -0.115. The van der Waals surface area contributed by atoms with Crippen LogP contribution in [0.1, 0.15) is 26.0 Å². The van der Waals surface area contributed by atoms with Crippen LogP contribution in [0.2, 0.25) is 0 Å². The minimum Gasteiger partial charge on any atom is -0.340 e. The molecule has 0 aromatic carbocycles. The second kappa shape index (κ2) is 6.08. The predicted molar refractivity (Wildman–Crippen MR) is 86.3 cm³/mol. The highest BCUT2D eigenvalue weighted by Gasteiger charge is 2.26. The van der Waals surface area contributed by atoms with Crippen molar-refractivity contribution in [2.45, 2.75) is 20.3 Å². The van der Waals surface area contributed by atoms with E-state index in [4.69, 9.17) is 0 Å². The maximum absolute atomic E-state index is 11.6. The summed E-state index contributed by atoms with van der Waals surface area (Å²) in [6.45, 7) is 6.36. The van der Waals surface area contributed by atoms with Gasteiger partial charge in [-0.1, -0.05) is 13.8 Å². The summed E-state index contributed by atoms with van der Waals surface area (Å²) in [5, 5.41) is 1.90. The minimum atomic E-state index is -0.365. The Morgan fingerprint density at radius 3 is 2.68 bits per heavy atom. The Bertz CT molecular complexity index is 636. The Morgan fingerprint density at radius 1 is 1.32 bits per heavy atom. The predicted octanol–water partition coefficient (Wildman–Crippen LogP) is 2.28. The largest absolute Gasteiger partial charge is 0.340 e. The fourth-order valence-corrected chi connectivity index (χ4v) is 3.64. The summed E-state index contributed by atoms with van der Waals surface area (Å²) < 4.78 is 0. The van der Waals surface area contributed by atoms with Gasteiger partial charge in [-0.2, -0.15) is 0 Å². The number of hydrogen-bond acceptors (Lipinski definition) is 6. The van der Waals surface area contributed by atoms with Crippen LogP contribution in [0, 0.1) is 11.8 Å². The molecule has 2 saturated heterocycles. The van der Waals surface area contributed by atoms with E-state index in [2.05, 4.69) is 34.0 Å². The summed E-state index contributed by atoms with van der Waals surface area (Å²) in [7, 11) is 0. The molecule has 2 aliphatic rings. The lowest BCUT2D eigenvalue weighted by Crippen LogP contribution is -2.39. The molecular weight excluding hydrogens is 300 g/mol. The van der Waals surface area contributed by atoms with Gasteiger partial charge >= 0.3 is 0 Å². The number of thioether (sulfide) groups is 1. The van der Waals surface area contributed by atoms with E-state index in [0.717, 1.165) is 24.9 Å². The van der Waals surface area contributed by atoms with Crippen molar-refractivity contribution in [1.29, 1.82) is 0 Å². The summed E-state index contributed by atoms with van der Waals surface area (Å²) in [5.74, 6) is 1.55. The van der Waals surface area contributed by atoms with Crippen LogP contribution in [0.5, 0.6) is 0 Å². The molecule has 0 aliphatic carbocycles. The normalized spacial score (nSPS) is 27.4. The fourth-order valence-electron chi connectivity index (χ4n) is 2.98. The molecule has 0 spiro atoms. The number of rotatable bonds is 2. The first-order valence-electron chi connectivity index (χ1n) is 7.34. The van der Waals surface area contributed by atoms with Gasteiger partial charge in [-0.3, -0.25) is 14.9 Å². The Balaban J connectivity index is 1.82. The molecule has 2 aliphatic heterocycles. The second-order valence-corrected chi connectivity index (χ2v) is 7.00. The van der Waals surface area contributed by atoms with Gasteiger partial charge in [0.15, 0.2) is 0 Å². The molecule has 1 N–H and O–H groups in total. The van der Waals surface area contributed by atoms with Gasteiger partial charge in [-0.15, -0.1) is 0 Å². The molecule has 1 aromatic rings. The number of imide groups is 1. The van der Waals surface area contributed by atoms with Crippen molar-refractivity contribution >= 4 is 34.9 Å². The van der Waals surface area contributed by atoms with Crippen LogP contribution in [0.4, 0.5) is 10.7 Å². The lowest BCUT2D eigenvalue weighted by atomic mass is 9.92. The van der Waals surface area contributed by atoms with Crippen LogP contribution in [-0.4, -0.2) is 34.2 Å². The SMILES string of the molecule is CC1CC(C)CN(c2nccc(/C=C3\SC(=O)NC3=O)n2)C1. The highest BCUT2D eigenvalue weighted by Crippen LogP contribution is 2.26. The number of carbonyl (C=O) groups excluding carboxylic acids is 2. The Kier molecular flexibility index (Phi) is 4.15. The molecule has 2 fully saturated rings. The Labute approximate surface area is 133 Å². The molecule has 0 bridgehead atoms. The number of amides is 2. The van der Waals surface area contributed by atoms with E-state index in [-0.39, 0.29) is 11.1 Å². The topological polar surface area (TPSA) is 75.2 Å². The summed E-state index contributed by atoms with van der Waals surface area (Å²) in [4.78, 5) is 34.2. The average Bonchev–Trinajstić information content (AvgIpc) is 2.76. The van der Waals surface area contributed by atoms with Gasteiger partial charge in [0.05, 0.1) is 10.6 Å². The van der Waals surface area contributed by atoms with Crippen LogP contribution in [0.25, 0.3) is 6.08 Å². The highest BCUT2D eigenvalue weighted by atomic mass is 32.2. The van der Waals surface area contributed by atoms with E-state index < -0.39 is 0 Å². The third-order valence-corrected chi connectivity index (χ3v) is 4.55. The molecule has 1 aromatic heterocycles. The first-order chi connectivity index (χ1) is 10.5. The number of piperidine rings is 1. The summed E-state index contributed by atoms with van der Waals surface area (Å²) in [5.41, 5.74) is 0.642. The number of hydrogen-bond donors (Lipinski definition) is 1. The van der Waals surface area contributed by atoms with E-state index in [9.17, 15) is 9.59 Å². The van der Waals surface area contributed by atoms with E-state index in [1.165, 1.54) is 6.42 Å². The molecule has 6 nitrogen and oxygen atoms in total. The zero-order chi connectivity index (χ0) is 15.7. The number of anilines is 1. The third kappa shape index (κ3) is 3.30. The Morgan fingerprint density at radius 2 is 2.05 bits per heavy atom. The van der Waals surface area contributed by atoms with Crippen LogP contribution >= 0.6 is 11.8 Å². The maximum Gasteiger partial charge on any atom is 0.290 e. The van der Waals surface area contributed by atoms with Gasteiger partial charge in [0.1, 0.15) is 0 Å². The van der Waals surface area contributed by atoms with Gasteiger partial charge in [-0.25, -0.2) is 9.97 Å². The van der Waals surface area contributed by atoms with E-state index in [1.807, 2.05) is 0 Å². The van der Waals surface area contributed by atoms with Crippen molar-refractivity contribution < 1.29 is 9.59 Å². The molecule has 0 radical (unpaired) electrons. The molecule has 3 rings (SSSR count). The summed E-state index contributed by atoms with van der Waals surface area (Å²) >= 11 is 0.898. The van der Waals surface area contributed by atoms with E-state index in [1.54, 1.807) is 18.3 Å². The molecule has 0 saturated carbocycles. The summed E-state index contributed by atoms with van der Waals surface area (Å²) in [6, 6.07) is 1.74. The molecule has 2 atom stereocenters. The molecular formula is C15H18N4O2S. The maximum atomic E-state index is 11.6. The van der Waals surface area contributed by atoms with Crippen molar-refractivity contribution in [2.75, 3.05) is 18.0 Å². The molecule has 2 unspecified atom stereocenters. The molecule has 3 heterocycles. The number of aromatic nitrogens is 2. The standard InChI is InChI=1S/C15H18N4O2S/c1-9-5-10(2)8-19(7-9)14-16-4-3-11(17-14)6-12-13(20)18-15(21)22-12/h3-4,6,9-10H,5,7-8H2,1-2H3,(H,18,20,21)/b12-6-. The van der Waals surface area contributed by atoms with E-state index >= 15 is 0 Å². The molecule has 7 heteroatoms. The van der Waals surface area contributed by atoms with Crippen molar-refractivity contribution in [3.63, 3.8) is 0 Å². The van der Waals surface area contributed by atoms with Crippen LogP contribution < -0.4 is 10.2 Å². The van der Waals surface area contributed by atoms with Crippen LogP contribution in [0.3, 0.4) is 0 Å². The van der Waals surface area contributed by atoms with Gasteiger partial charge in [0, 0.05) is 19.3 Å². The third-order valence-electron chi connectivity index (χ3n) is 3.74. The van der Waals surface area contributed by atoms with Crippen molar-refractivity contribution in [3.05, 3.63) is 22.9 Å². The first-order valence-corrected chi connectivity index (χ1v) is 8.16. The van der Waals surface area contributed by atoms with Gasteiger partial charge in [-0.05, 0) is 42.2 Å². The summed E-state index contributed by atoms with van der Waals surface area (Å²) in [6.07, 6.45) is 4.55. The van der Waals surface area contributed by atoms with Crippen LogP contribution in [-0.2, 0) is 4.79 Å². The number of carbonyl (C=O) groups is 2. The minimum absolute atomic E-state index is 0.343. The highest BCUT2D eigenvalue weighted by molar-refractivity contribution is 8.18. The lowest BCUT2D eigenvalue weighted by Gasteiger charge is -2.34. The van der Waals surface area contributed by atoms with Gasteiger partial charge in [0.2, 0.25) is 5.95 Å². The van der Waals surface area contributed by atoms with E-state index in [0.29, 0.717) is 28.4 Å². The smallest absolute Gasteiger partial charge is 0.290 e. The quantitative estimate of drug-likeness (QED) is 0.843. The van der Waals surface area contributed by atoms with Gasteiger partial charge in [0.25, 0.3) is 11.1 Å². The zero-order valence-electron chi connectivity index (χ0n) is 12.6. The fraction of sp³-hybridized carbons (Fsp3) is 0.467. The van der Waals surface area contributed by atoms with Crippen molar-refractivity contribution in [3.8, 4) is 0 Å². The average molecular weight is 318 g/mol. The van der Waals surface area contributed by atoms with Crippen molar-refractivity contribution in [1.82, 2.24) is 15.3 Å². The second-order valence-electron chi connectivity index (χ2n) is 5.98. The molecule has 116 valence electrons. The van der Waals surface area contributed by atoms with Gasteiger partial charge < -0.3 is 4.90 Å². The van der Waals surface area contributed by atoms with Crippen LogP contribution in [0.15, 0.2) is 17.2 Å². The number of nitrogens with zero attached hydrogens (tertiary/aromatic N) is 3. The monoisotopic (exact) mass is 318 g/mol. The zero-order valence-corrected chi connectivity index (χ0v) is 13.4. The number of nitrogens with one attached hydrogen (secondary N) is 1. The Hall–Kier alpha value is -1.89. The van der Waals surface area contributed by atoms with Crippen molar-refractivity contribution in [2.24, 2.45) is 11.8 Å². The first kappa shape index (κ1) is 15.0. The molecule has 2 amide bonds. The molecule has 22 heavy (non-hydrogen) atoms.